The molecule has 7 heteroatoms. The number of para-hydroxylation sites is 1. The molecule has 1 N–H and O–H groups in total. The maximum Gasteiger partial charge on any atom is 0.280 e. The van der Waals surface area contributed by atoms with Crippen LogP contribution in [0.3, 0.4) is 0 Å². The number of nitrogens with one attached hydrogen (secondary N) is 1. The van der Waals surface area contributed by atoms with Gasteiger partial charge in [0.15, 0.2) is 5.82 Å². The number of fused-ring (bicyclic) bond motifs is 1. The maximum atomic E-state index is 13.0. The van der Waals surface area contributed by atoms with Crippen molar-refractivity contribution < 1.29 is 4.79 Å². The van der Waals surface area contributed by atoms with Crippen LogP contribution >= 0.6 is 11.6 Å². The van der Waals surface area contributed by atoms with Crippen LogP contribution in [-0.2, 0) is 0 Å². The summed E-state index contributed by atoms with van der Waals surface area (Å²) in [4.78, 5) is 34.1. The third-order valence-electron chi connectivity index (χ3n) is 4.00. The molecule has 27 heavy (non-hydrogen) atoms. The normalized spacial score (nSPS) is 10.7. The Labute approximate surface area is 159 Å². The number of aromatic nitrogens is 3. The molecule has 0 radical (unpaired) electrons. The summed E-state index contributed by atoms with van der Waals surface area (Å²) < 4.78 is 1.14. The van der Waals surface area contributed by atoms with Gasteiger partial charge in [0.05, 0.1) is 16.5 Å². The third-order valence-corrected chi connectivity index (χ3v) is 4.23. The van der Waals surface area contributed by atoms with Crippen LogP contribution in [0.2, 0.25) is 5.02 Å². The van der Waals surface area contributed by atoms with Gasteiger partial charge in [-0.15, -0.1) is 0 Å². The second kappa shape index (κ2) is 7.01. The minimum absolute atomic E-state index is 0.290. The van der Waals surface area contributed by atoms with Gasteiger partial charge in [0.25, 0.3) is 11.5 Å². The number of carbonyl (C=O) groups is 1. The third kappa shape index (κ3) is 3.30. The van der Waals surface area contributed by atoms with Gasteiger partial charge in [-0.3, -0.25) is 20.0 Å². The van der Waals surface area contributed by atoms with Gasteiger partial charge < -0.3 is 0 Å². The zero-order chi connectivity index (χ0) is 18.8. The van der Waals surface area contributed by atoms with Crippen LogP contribution in [0.5, 0.6) is 0 Å². The van der Waals surface area contributed by atoms with Crippen LogP contribution in [0, 0.1) is 0 Å². The van der Waals surface area contributed by atoms with Crippen LogP contribution in [0.1, 0.15) is 10.4 Å². The number of halogens is 1. The highest BCUT2D eigenvalue weighted by Crippen LogP contribution is 2.21. The number of hydrogen-bond donors (Lipinski definition) is 1. The molecule has 0 saturated carbocycles. The number of hydrogen-bond acceptors (Lipinski definition) is 4. The lowest BCUT2D eigenvalue weighted by atomic mass is 10.2. The molecular weight excluding hydrogens is 364 g/mol. The van der Waals surface area contributed by atoms with Gasteiger partial charge >= 0.3 is 0 Å². The van der Waals surface area contributed by atoms with Gasteiger partial charge in [-0.05, 0) is 36.4 Å². The molecule has 0 saturated heterocycles. The van der Waals surface area contributed by atoms with Gasteiger partial charge in [0, 0.05) is 23.0 Å². The van der Waals surface area contributed by atoms with E-state index in [9.17, 15) is 9.59 Å². The lowest BCUT2D eigenvalue weighted by Crippen LogP contribution is -2.35. The largest absolute Gasteiger partial charge is 0.280 e. The fourth-order valence-electron chi connectivity index (χ4n) is 2.72. The Morgan fingerprint density at radius 3 is 2.67 bits per heavy atom. The SMILES string of the molecule is O=C(Nn1c(-c2cccc(Cl)c2)nc2ccccc2c1=O)c1cccnc1. The molecule has 2 aromatic heterocycles. The van der Waals surface area contributed by atoms with E-state index in [4.69, 9.17) is 11.6 Å². The average molecular weight is 377 g/mol. The van der Waals surface area contributed by atoms with Crippen molar-refractivity contribution in [2.75, 3.05) is 5.43 Å². The van der Waals surface area contributed by atoms with E-state index in [0.29, 0.717) is 32.9 Å². The van der Waals surface area contributed by atoms with E-state index < -0.39 is 5.91 Å². The molecule has 132 valence electrons. The summed E-state index contributed by atoms with van der Waals surface area (Å²) in [5.41, 5.74) is 3.71. The molecule has 2 aromatic carbocycles. The molecule has 0 spiro atoms. The van der Waals surface area contributed by atoms with E-state index >= 15 is 0 Å². The van der Waals surface area contributed by atoms with Gasteiger partial charge in [-0.1, -0.05) is 35.9 Å². The average Bonchev–Trinajstić information content (AvgIpc) is 2.70. The smallest absolute Gasteiger partial charge is 0.267 e. The first-order valence-electron chi connectivity index (χ1n) is 8.12. The molecular formula is C20H13ClN4O2. The van der Waals surface area contributed by atoms with Crippen LogP contribution in [-0.4, -0.2) is 20.6 Å². The standard InChI is InChI=1S/C20H13ClN4O2/c21-15-7-3-5-13(11-15)18-23-17-9-2-1-8-16(17)20(27)25(18)24-19(26)14-6-4-10-22-12-14/h1-12H,(H,24,26). The summed E-state index contributed by atoms with van der Waals surface area (Å²) in [6.45, 7) is 0. The van der Waals surface area contributed by atoms with Crippen LogP contribution in [0.15, 0.2) is 77.9 Å². The molecule has 6 nitrogen and oxygen atoms in total. The molecule has 0 aliphatic carbocycles. The molecule has 0 aliphatic heterocycles. The Balaban J connectivity index is 1.92. The van der Waals surface area contributed by atoms with Crippen molar-refractivity contribution >= 4 is 28.4 Å². The van der Waals surface area contributed by atoms with Crippen molar-refractivity contribution in [2.24, 2.45) is 0 Å². The van der Waals surface area contributed by atoms with E-state index in [2.05, 4.69) is 15.4 Å². The lowest BCUT2D eigenvalue weighted by Gasteiger charge is -2.14. The molecule has 0 aliphatic rings. The Bertz CT molecular complexity index is 1210. The van der Waals surface area contributed by atoms with E-state index in [1.807, 2.05) is 0 Å². The van der Waals surface area contributed by atoms with Crippen molar-refractivity contribution in [3.63, 3.8) is 0 Å². The van der Waals surface area contributed by atoms with Crippen LogP contribution in [0.25, 0.3) is 22.3 Å². The monoisotopic (exact) mass is 376 g/mol. The predicted octanol–water partition coefficient (Wildman–Crippen LogP) is 3.50. The van der Waals surface area contributed by atoms with E-state index in [0.717, 1.165) is 4.68 Å². The first kappa shape index (κ1) is 16.9. The summed E-state index contributed by atoms with van der Waals surface area (Å²) in [5.74, 6) is -0.177. The van der Waals surface area contributed by atoms with Crippen LogP contribution < -0.4 is 11.0 Å². The topological polar surface area (TPSA) is 76.9 Å². The van der Waals surface area contributed by atoms with Crippen molar-refractivity contribution in [3.05, 3.63) is 94.0 Å². The number of benzene rings is 2. The molecule has 0 atom stereocenters. The number of carbonyl (C=O) groups excluding carboxylic acids is 1. The maximum absolute atomic E-state index is 13.0. The Morgan fingerprint density at radius 2 is 1.89 bits per heavy atom. The Hall–Kier alpha value is -3.51. The number of amides is 1. The Kier molecular flexibility index (Phi) is 4.40. The Morgan fingerprint density at radius 1 is 1.04 bits per heavy atom. The highest BCUT2D eigenvalue weighted by atomic mass is 35.5. The minimum Gasteiger partial charge on any atom is -0.267 e. The first-order valence-corrected chi connectivity index (χ1v) is 8.50. The summed E-state index contributed by atoms with van der Waals surface area (Å²) in [5, 5.41) is 0.898. The van der Waals surface area contributed by atoms with E-state index in [1.54, 1.807) is 66.9 Å². The summed E-state index contributed by atoms with van der Waals surface area (Å²) in [6, 6.07) is 17.2. The highest BCUT2D eigenvalue weighted by molar-refractivity contribution is 6.30. The van der Waals surface area contributed by atoms with E-state index in [1.165, 1.54) is 6.20 Å². The second-order valence-corrected chi connectivity index (χ2v) is 6.22. The zero-order valence-corrected chi connectivity index (χ0v) is 14.7. The fraction of sp³-hybridized carbons (Fsp3) is 0. The number of pyridine rings is 1. The predicted molar refractivity (Wildman–Crippen MR) is 104 cm³/mol. The van der Waals surface area contributed by atoms with Crippen molar-refractivity contribution in [3.8, 4) is 11.4 Å². The number of rotatable bonds is 3. The van der Waals surface area contributed by atoms with Crippen molar-refractivity contribution in [2.45, 2.75) is 0 Å². The van der Waals surface area contributed by atoms with Crippen LogP contribution in [0.4, 0.5) is 0 Å². The van der Waals surface area contributed by atoms with Crippen molar-refractivity contribution in [1.82, 2.24) is 14.6 Å². The summed E-state index contributed by atoms with van der Waals surface area (Å²) in [6.07, 6.45) is 2.99. The van der Waals surface area contributed by atoms with Gasteiger partial charge in [0.1, 0.15) is 0 Å². The molecule has 1 amide bonds. The molecule has 2 heterocycles. The molecule has 0 fully saturated rings. The second-order valence-electron chi connectivity index (χ2n) is 5.79. The lowest BCUT2D eigenvalue weighted by molar-refractivity contribution is 0.101. The fourth-order valence-corrected chi connectivity index (χ4v) is 2.91. The highest BCUT2D eigenvalue weighted by Gasteiger charge is 2.16. The first-order chi connectivity index (χ1) is 13.1. The van der Waals surface area contributed by atoms with Gasteiger partial charge in [0.2, 0.25) is 0 Å². The quantitative estimate of drug-likeness (QED) is 0.593. The van der Waals surface area contributed by atoms with Gasteiger partial charge in [-0.2, -0.15) is 4.68 Å². The molecule has 4 aromatic rings. The minimum atomic E-state index is -0.467. The van der Waals surface area contributed by atoms with E-state index in [-0.39, 0.29) is 5.56 Å². The number of nitrogens with zero attached hydrogens (tertiary/aromatic N) is 3. The zero-order valence-electron chi connectivity index (χ0n) is 14.0. The van der Waals surface area contributed by atoms with Gasteiger partial charge in [-0.25, -0.2) is 4.98 Å². The molecule has 0 bridgehead atoms. The molecule has 4 rings (SSSR count). The van der Waals surface area contributed by atoms with Crippen molar-refractivity contribution in [1.29, 1.82) is 0 Å². The summed E-state index contributed by atoms with van der Waals surface area (Å²) in [7, 11) is 0. The molecule has 0 unspecified atom stereocenters. The summed E-state index contributed by atoms with van der Waals surface area (Å²) >= 11 is 6.10.